The van der Waals surface area contributed by atoms with Gasteiger partial charge in [0, 0.05) is 6.07 Å². The minimum Gasteiger partial charge on any atom is -0.493 e. The van der Waals surface area contributed by atoms with E-state index < -0.39 is 17.4 Å². The summed E-state index contributed by atoms with van der Waals surface area (Å²) in [6.45, 7) is 6.04. The maximum Gasteiger partial charge on any atom is 0.341 e. The molecule has 3 atom stereocenters. The van der Waals surface area contributed by atoms with E-state index in [1.807, 2.05) is 0 Å². The molecule has 2 bridgehead atoms. The van der Waals surface area contributed by atoms with Crippen LogP contribution in [-0.2, 0) is 4.74 Å². The van der Waals surface area contributed by atoms with Crippen LogP contribution in [0.25, 0.3) is 0 Å². The number of carbonyl (C=O) groups is 1. The Kier molecular flexibility index (Phi) is 4.94. The third kappa shape index (κ3) is 4.47. The molecular formula is C23H31FO3. The Morgan fingerprint density at radius 3 is 2.33 bits per heavy atom. The molecule has 3 saturated carbocycles. The third-order valence-electron chi connectivity index (χ3n) is 6.19. The van der Waals surface area contributed by atoms with Crippen LogP contribution in [0, 0.1) is 23.6 Å². The normalized spacial score (nSPS) is 27.5. The predicted molar refractivity (Wildman–Crippen MR) is 103 cm³/mol. The van der Waals surface area contributed by atoms with Gasteiger partial charge in [-0.1, -0.05) is 12.8 Å². The average Bonchev–Trinajstić information content (AvgIpc) is 3.36. The van der Waals surface area contributed by atoms with Crippen LogP contribution in [0.15, 0.2) is 12.1 Å². The smallest absolute Gasteiger partial charge is 0.341 e. The summed E-state index contributed by atoms with van der Waals surface area (Å²) in [5.74, 6) is 2.17. The molecule has 3 nitrogen and oxygen atoms in total. The van der Waals surface area contributed by atoms with Gasteiger partial charge in [0.05, 0.1) is 12.2 Å². The van der Waals surface area contributed by atoms with Crippen LogP contribution in [0.4, 0.5) is 4.39 Å². The minimum absolute atomic E-state index is 0.0230. The van der Waals surface area contributed by atoms with Crippen molar-refractivity contribution in [2.75, 3.05) is 6.61 Å². The highest BCUT2D eigenvalue weighted by molar-refractivity contribution is 5.90. The van der Waals surface area contributed by atoms with Crippen LogP contribution < -0.4 is 4.74 Å². The first-order valence-electron chi connectivity index (χ1n) is 10.5. The molecule has 0 heterocycles. The standard InChI is InChI=1S/C23H31FO3/c1-23(2,3)27-22(25)19-11-18(17-6-7-17)21(12-20(19)24)26-13-16-9-14-4-5-15(8-14)10-16/h11-12,14-17H,4-10,13H2,1-3H3/t14-,15+,16?. The van der Waals surface area contributed by atoms with Crippen molar-refractivity contribution in [2.24, 2.45) is 17.8 Å². The van der Waals surface area contributed by atoms with Crippen LogP contribution in [-0.4, -0.2) is 18.2 Å². The molecule has 0 aromatic heterocycles. The molecule has 0 amide bonds. The maximum atomic E-state index is 14.7. The monoisotopic (exact) mass is 374 g/mol. The van der Waals surface area contributed by atoms with Crippen molar-refractivity contribution in [3.63, 3.8) is 0 Å². The van der Waals surface area contributed by atoms with Crippen molar-refractivity contribution < 1.29 is 18.7 Å². The molecule has 4 heteroatoms. The molecule has 4 rings (SSSR count). The second-order valence-electron chi connectivity index (χ2n) is 9.84. The highest BCUT2D eigenvalue weighted by Crippen LogP contribution is 2.47. The Labute approximate surface area is 161 Å². The van der Waals surface area contributed by atoms with Gasteiger partial charge in [0.15, 0.2) is 0 Å². The van der Waals surface area contributed by atoms with Gasteiger partial charge in [0.25, 0.3) is 0 Å². The predicted octanol–water partition coefficient (Wildman–Crippen LogP) is 5.86. The molecule has 1 aromatic rings. The summed E-state index contributed by atoms with van der Waals surface area (Å²) in [6, 6.07) is 3.07. The first-order valence-corrected chi connectivity index (χ1v) is 10.5. The van der Waals surface area contributed by atoms with Gasteiger partial charge in [-0.3, -0.25) is 0 Å². The van der Waals surface area contributed by atoms with Gasteiger partial charge in [-0.05, 0) is 88.2 Å². The number of fused-ring (bicyclic) bond motifs is 2. The Morgan fingerprint density at radius 1 is 1.07 bits per heavy atom. The molecule has 0 radical (unpaired) electrons. The fraction of sp³-hybridized carbons (Fsp3) is 0.696. The Bertz CT molecular complexity index is 705. The van der Waals surface area contributed by atoms with Gasteiger partial charge in [0.2, 0.25) is 0 Å². The van der Waals surface area contributed by atoms with E-state index >= 15 is 0 Å². The molecule has 3 aliphatic carbocycles. The highest BCUT2D eigenvalue weighted by Gasteiger charge is 2.35. The lowest BCUT2D eigenvalue weighted by atomic mass is 9.81. The highest BCUT2D eigenvalue weighted by atomic mass is 19.1. The van der Waals surface area contributed by atoms with Gasteiger partial charge < -0.3 is 9.47 Å². The summed E-state index contributed by atoms with van der Waals surface area (Å²) in [7, 11) is 0. The van der Waals surface area contributed by atoms with Crippen LogP contribution in [0.2, 0.25) is 0 Å². The SMILES string of the molecule is CC(C)(C)OC(=O)c1cc(C2CC2)c(OCC2C[C@H]3CC[C@@H](C2)C3)cc1F. The molecular weight excluding hydrogens is 343 g/mol. The summed E-state index contributed by atoms with van der Waals surface area (Å²) in [6.07, 6.45) is 8.76. The zero-order chi connectivity index (χ0) is 19.2. The van der Waals surface area contributed by atoms with Gasteiger partial charge in [-0.15, -0.1) is 0 Å². The average molecular weight is 374 g/mol. The van der Waals surface area contributed by atoms with E-state index in [0.717, 1.165) is 30.2 Å². The van der Waals surface area contributed by atoms with Crippen molar-refractivity contribution in [2.45, 2.75) is 77.2 Å². The molecule has 0 spiro atoms. The summed E-state index contributed by atoms with van der Waals surface area (Å²) < 4.78 is 26.2. The lowest BCUT2D eigenvalue weighted by molar-refractivity contribution is 0.00645. The van der Waals surface area contributed by atoms with E-state index in [1.165, 1.54) is 38.2 Å². The molecule has 3 fully saturated rings. The first-order chi connectivity index (χ1) is 12.8. The van der Waals surface area contributed by atoms with Gasteiger partial charge in [0.1, 0.15) is 17.2 Å². The molecule has 27 heavy (non-hydrogen) atoms. The van der Waals surface area contributed by atoms with E-state index in [9.17, 15) is 9.18 Å². The Balaban J connectivity index is 1.49. The van der Waals surface area contributed by atoms with Gasteiger partial charge >= 0.3 is 5.97 Å². The fourth-order valence-corrected chi connectivity index (χ4v) is 4.89. The molecule has 0 saturated heterocycles. The fourth-order valence-electron chi connectivity index (χ4n) is 4.89. The molecule has 148 valence electrons. The van der Waals surface area contributed by atoms with Crippen molar-refractivity contribution >= 4 is 5.97 Å². The minimum atomic E-state index is -0.640. The summed E-state index contributed by atoms with van der Waals surface area (Å²) in [5.41, 5.74) is 0.351. The van der Waals surface area contributed by atoms with E-state index in [2.05, 4.69) is 0 Å². The van der Waals surface area contributed by atoms with Gasteiger partial charge in [-0.2, -0.15) is 0 Å². The van der Waals surface area contributed by atoms with Crippen LogP contribution in [0.5, 0.6) is 5.75 Å². The quantitative estimate of drug-likeness (QED) is 0.605. The summed E-state index contributed by atoms with van der Waals surface area (Å²) in [4.78, 5) is 12.4. The number of hydrogen-bond donors (Lipinski definition) is 0. The van der Waals surface area contributed by atoms with Crippen molar-refractivity contribution in [3.05, 3.63) is 29.1 Å². The van der Waals surface area contributed by atoms with E-state index in [4.69, 9.17) is 9.47 Å². The number of benzene rings is 1. The Morgan fingerprint density at radius 2 is 1.74 bits per heavy atom. The molecule has 1 unspecified atom stereocenters. The van der Waals surface area contributed by atoms with Crippen LogP contribution in [0.3, 0.4) is 0 Å². The number of carbonyl (C=O) groups excluding carboxylic acids is 1. The molecule has 0 aliphatic heterocycles. The maximum absolute atomic E-state index is 14.7. The van der Waals surface area contributed by atoms with Crippen LogP contribution in [0.1, 0.15) is 87.6 Å². The van der Waals surface area contributed by atoms with Crippen molar-refractivity contribution in [3.8, 4) is 5.75 Å². The number of ether oxygens (including phenoxy) is 2. The van der Waals surface area contributed by atoms with Crippen LogP contribution >= 0.6 is 0 Å². The number of esters is 1. The van der Waals surface area contributed by atoms with E-state index in [0.29, 0.717) is 24.2 Å². The van der Waals surface area contributed by atoms with Crippen molar-refractivity contribution in [1.29, 1.82) is 0 Å². The second kappa shape index (κ2) is 7.10. The molecule has 0 N–H and O–H groups in total. The van der Waals surface area contributed by atoms with E-state index in [1.54, 1.807) is 26.8 Å². The lowest BCUT2D eigenvalue weighted by Gasteiger charge is -2.28. The number of rotatable bonds is 5. The lowest BCUT2D eigenvalue weighted by Crippen LogP contribution is -2.25. The topological polar surface area (TPSA) is 35.5 Å². The number of hydrogen-bond acceptors (Lipinski definition) is 3. The second-order valence-corrected chi connectivity index (χ2v) is 9.84. The zero-order valence-electron chi connectivity index (χ0n) is 16.7. The Hall–Kier alpha value is -1.58. The largest absolute Gasteiger partial charge is 0.493 e. The number of halogens is 1. The molecule has 1 aromatic carbocycles. The molecule has 3 aliphatic rings. The van der Waals surface area contributed by atoms with Crippen molar-refractivity contribution in [1.82, 2.24) is 0 Å². The first kappa shape index (κ1) is 18.8. The van der Waals surface area contributed by atoms with E-state index in [-0.39, 0.29) is 5.56 Å². The van der Waals surface area contributed by atoms with Gasteiger partial charge in [-0.25, -0.2) is 9.18 Å². The zero-order valence-corrected chi connectivity index (χ0v) is 16.7. The summed E-state index contributed by atoms with van der Waals surface area (Å²) >= 11 is 0. The third-order valence-corrected chi connectivity index (χ3v) is 6.19. The summed E-state index contributed by atoms with van der Waals surface area (Å²) in [5, 5.41) is 0.